The molecule has 1 amide bonds. The minimum absolute atomic E-state index is 0.157. The molecule has 0 aliphatic heterocycles. The molecule has 0 fully saturated rings. The van der Waals surface area contributed by atoms with E-state index in [-0.39, 0.29) is 18.3 Å². The zero-order chi connectivity index (χ0) is 18.8. The van der Waals surface area contributed by atoms with Gasteiger partial charge in [-0.1, -0.05) is 43.1 Å². The lowest BCUT2D eigenvalue weighted by Crippen LogP contribution is -2.33. The summed E-state index contributed by atoms with van der Waals surface area (Å²) >= 11 is 12.0. The molecule has 0 heterocycles. The van der Waals surface area contributed by atoms with Gasteiger partial charge in [-0.15, -0.1) is 0 Å². The number of benzene rings is 1. The lowest BCUT2D eigenvalue weighted by Gasteiger charge is -2.22. The van der Waals surface area contributed by atoms with Crippen molar-refractivity contribution in [3.05, 3.63) is 39.9 Å². The predicted octanol–water partition coefficient (Wildman–Crippen LogP) is 4.83. The standard InChI is InChI=1S/C19H25Cl2NO3/c1-4-25-19(24)10-12-22(11-9-14(2)3)18(23)8-6-15-5-7-16(20)13-17(15)21/h5-8,13-14H,4,9-12H2,1-3H3/b8-6+. The maximum absolute atomic E-state index is 12.5. The van der Waals surface area contributed by atoms with E-state index >= 15 is 0 Å². The lowest BCUT2D eigenvalue weighted by molar-refractivity contribution is -0.143. The van der Waals surface area contributed by atoms with Crippen LogP contribution in [-0.2, 0) is 14.3 Å². The summed E-state index contributed by atoms with van der Waals surface area (Å²) in [5.74, 6) is 0.0121. The van der Waals surface area contributed by atoms with Crippen molar-refractivity contribution in [3.8, 4) is 0 Å². The van der Waals surface area contributed by atoms with Gasteiger partial charge in [-0.25, -0.2) is 0 Å². The molecule has 0 bridgehead atoms. The van der Waals surface area contributed by atoms with Gasteiger partial charge in [0.2, 0.25) is 5.91 Å². The van der Waals surface area contributed by atoms with Gasteiger partial charge in [0.1, 0.15) is 0 Å². The average molecular weight is 386 g/mol. The second-order valence-electron chi connectivity index (χ2n) is 6.06. The Kier molecular flexibility index (Phi) is 9.61. The molecule has 0 saturated carbocycles. The van der Waals surface area contributed by atoms with Crippen LogP contribution in [0.15, 0.2) is 24.3 Å². The van der Waals surface area contributed by atoms with Gasteiger partial charge >= 0.3 is 5.97 Å². The van der Waals surface area contributed by atoms with Crippen LogP contribution in [0.3, 0.4) is 0 Å². The fourth-order valence-electron chi connectivity index (χ4n) is 2.11. The number of esters is 1. The van der Waals surface area contributed by atoms with E-state index in [1.807, 2.05) is 0 Å². The van der Waals surface area contributed by atoms with Crippen molar-refractivity contribution in [3.63, 3.8) is 0 Å². The Morgan fingerprint density at radius 1 is 1.24 bits per heavy atom. The van der Waals surface area contributed by atoms with Crippen molar-refractivity contribution in [1.82, 2.24) is 4.90 Å². The van der Waals surface area contributed by atoms with Crippen LogP contribution in [0, 0.1) is 5.92 Å². The number of carbonyl (C=O) groups is 2. The van der Waals surface area contributed by atoms with Crippen LogP contribution in [-0.4, -0.2) is 36.5 Å². The zero-order valence-corrected chi connectivity index (χ0v) is 16.4. The molecule has 1 aromatic carbocycles. The first kappa shape index (κ1) is 21.5. The largest absolute Gasteiger partial charge is 0.466 e. The number of ether oxygens (including phenoxy) is 1. The van der Waals surface area contributed by atoms with Gasteiger partial charge in [-0.2, -0.15) is 0 Å². The van der Waals surface area contributed by atoms with Crippen molar-refractivity contribution in [2.75, 3.05) is 19.7 Å². The summed E-state index contributed by atoms with van der Waals surface area (Å²) in [6, 6.07) is 5.10. The predicted molar refractivity (Wildman–Crippen MR) is 103 cm³/mol. The molecule has 4 nitrogen and oxygen atoms in total. The number of halogens is 2. The first-order valence-electron chi connectivity index (χ1n) is 8.41. The highest BCUT2D eigenvalue weighted by Gasteiger charge is 2.14. The number of hydrogen-bond acceptors (Lipinski definition) is 3. The number of nitrogens with zero attached hydrogens (tertiary/aromatic N) is 1. The highest BCUT2D eigenvalue weighted by molar-refractivity contribution is 6.35. The fraction of sp³-hybridized carbons (Fsp3) is 0.474. The highest BCUT2D eigenvalue weighted by Crippen LogP contribution is 2.22. The Labute approximate surface area is 159 Å². The maximum Gasteiger partial charge on any atom is 0.307 e. The summed E-state index contributed by atoms with van der Waals surface area (Å²) in [6.45, 7) is 7.22. The SMILES string of the molecule is CCOC(=O)CCN(CCC(C)C)C(=O)/C=C/c1ccc(Cl)cc1Cl. The molecule has 1 aromatic rings. The van der Waals surface area contributed by atoms with Gasteiger partial charge in [0, 0.05) is 29.2 Å². The van der Waals surface area contributed by atoms with Crippen LogP contribution in [0.4, 0.5) is 0 Å². The quantitative estimate of drug-likeness (QED) is 0.451. The Hall–Kier alpha value is -1.52. The first-order valence-corrected chi connectivity index (χ1v) is 9.16. The molecule has 0 aliphatic carbocycles. The summed E-state index contributed by atoms with van der Waals surface area (Å²) in [7, 11) is 0. The van der Waals surface area contributed by atoms with Gasteiger partial charge in [0.25, 0.3) is 0 Å². The van der Waals surface area contributed by atoms with E-state index in [9.17, 15) is 9.59 Å². The molecular formula is C19H25Cl2NO3. The van der Waals surface area contributed by atoms with Crippen LogP contribution in [0.25, 0.3) is 6.08 Å². The van der Waals surface area contributed by atoms with Crippen LogP contribution in [0.1, 0.15) is 39.2 Å². The monoisotopic (exact) mass is 385 g/mol. The Balaban J connectivity index is 2.75. The van der Waals surface area contributed by atoms with Gasteiger partial charge in [0.15, 0.2) is 0 Å². The molecule has 0 atom stereocenters. The second kappa shape index (κ2) is 11.2. The molecule has 0 aromatic heterocycles. The second-order valence-corrected chi connectivity index (χ2v) is 6.91. The summed E-state index contributed by atoms with van der Waals surface area (Å²) in [6.07, 6.45) is 4.19. The van der Waals surface area contributed by atoms with E-state index in [2.05, 4.69) is 13.8 Å². The fourth-order valence-corrected chi connectivity index (χ4v) is 2.58. The molecule has 138 valence electrons. The summed E-state index contributed by atoms with van der Waals surface area (Å²) in [5, 5.41) is 1.03. The van der Waals surface area contributed by atoms with Crippen LogP contribution < -0.4 is 0 Å². The van der Waals surface area contributed by atoms with Crippen LogP contribution >= 0.6 is 23.2 Å². The minimum Gasteiger partial charge on any atom is -0.466 e. The summed E-state index contributed by atoms with van der Waals surface area (Å²) in [5.41, 5.74) is 0.716. The zero-order valence-electron chi connectivity index (χ0n) is 14.9. The third-order valence-electron chi connectivity index (χ3n) is 3.55. The van der Waals surface area contributed by atoms with E-state index in [4.69, 9.17) is 27.9 Å². The summed E-state index contributed by atoms with van der Waals surface area (Å²) in [4.78, 5) is 25.7. The molecule has 25 heavy (non-hydrogen) atoms. The van der Waals surface area contributed by atoms with Crippen molar-refractivity contribution in [1.29, 1.82) is 0 Å². The molecule has 6 heteroatoms. The van der Waals surface area contributed by atoms with Gasteiger partial charge < -0.3 is 9.64 Å². The highest BCUT2D eigenvalue weighted by atomic mass is 35.5. The molecule has 0 aliphatic rings. The van der Waals surface area contributed by atoms with E-state index in [0.717, 1.165) is 6.42 Å². The number of carbonyl (C=O) groups excluding carboxylic acids is 2. The Morgan fingerprint density at radius 2 is 1.96 bits per heavy atom. The van der Waals surface area contributed by atoms with Crippen molar-refractivity contribution in [2.45, 2.75) is 33.6 Å². The van der Waals surface area contributed by atoms with Crippen molar-refractivity contribution in [2.24, 2.45) is 5.92 Å². The van der Waals surface area contributed by atoms with E-state index in [1.54, 1.807) is 36.1 Å². The summed E-state index contributed by atoms with van der Waals surface area (Å²) < 4.78 is 4.93. The first-order chi connectivity index (χ1) is 11.8. The number of rotatable bonds is 9. The lowest BCUT2D eigenvalue weighted by atomic mass is 10.1. The Morgan fingerprint density at radius 3 is 2.56 bits per heavy atom. The van der Waals surface area contributed by atoms with E-state index < -0.39 is 0 Å². The smallest absolute Gasteiger partial charge is 0.307 e. The third kappa shape index (κ3) is 8.41. The molecule has 1 rings (SSSR count). The third-order valence-corrected chi connectivity index (χ3v) is 4.11. The molecule has 0 unspecified atom stereocenters. The number of amides is 1. The topological polar surface area (TPSA) is 46.6 Å². The van der Waals surface area contributed by atoms with Crippen molar-refractivity contribution >= 4 is 41.2 Å². The average Bonchev–Trinajstić information content (AvgIpc) is 2.53. The molecular weight excluding hydrogens is 361 g/mol. The van der Waals surface area contributed by atoms with Gasteiger partial charge in [-0.05, 0) is 43.0 Å². The molecule has 0 N–H and O–H groups in total. The minimum atomic E-state index is -0.297. The van der Waals surface area contributed by atoms with Crippen molar-refractivity contribution < 1.29 is 14.3 Å². The Bertz CT molecular complexity index is 615. The van der Waals surface area contributed by atoms with E-state index in [1.165, 1.54) is 6.08 Å². The molecule has 0 saturated heterocycles. The molecule has 0 radical (unpaired) electrons. The van der Waals surface area contributed by atoms with Gasteiger partial charge in [0.05, 0.1) is 13.0 Å². The van der Waals surface area contributed by atoms with Crippen LogP contribution in [0.5, 0.6) is 0 Å². The van der Waals surface area contributed by atoms with Crippen LogP contribution in [0.2, 0.25) is 10.0 Å². The van der Waals surface area contributed by atoms with Gasteiger partial charge in [-0.3, -0.25) is 9.59 Å². The normalized spacial score (nSPS) is 11.1. The van der Waals surface area contributed by atoms with E-state index in [0.29, 0.717) is 41.2 Å². The maximum atomic E-state index is 12.5. The number of hydrogen-bond donors (Lipinski definition) is 0. The molecule has 0 spiro atoms.